The third-order valence-corrected chi connectivity index (χ3v) is 5.79. The van der Waals surface area contributed by atoms with E-state index in [1.165, 1.54) is 32.1 Å². The normalized spacial score (nSPS) is 17.7. The number of nitrogens with zero attached hydrogens (tertiary/aromatic N) is 2. The first kappa shape index (κ1) is 20.5. The lowest BCUT2D eigenvalue weighted by Gasteiger charge is -2.28. The van der Waals surface area contributed by atoms with Crippen LogP contribution in [-0.2, 0) is 16.6 Å². The van der Waals surface area contributed by atoms with Gasteiger partial charge < -0.3 is 10.4 Å². The lowest BCUT2D eigenvalue weighted by molar-refractivity contribution is -0.137. The average Bonchev–Trinajstić information content (AvgIpc) is 2.85. The molecule has 1 saturated carbocycles. The van der Waals surface area contributed by atoms with Crippen LogP contribution in [-0.4, -0.2) is 32.8 Å². The number of aliphatic carboxylic acids is 1. The van der Waals surface area contributed by atoms with Crippen LogP contribution in [0.4, 0.5) is 0 Å². The maximum Gasteiger partial charge on any atom is 0.303 e. The molecule has 0 aliphatic heterocycles. The first-order valence-electron chi connectivity index (χ1n) is 9.81. The van der Waals surface area contributed by atoms with Crippen LogP contribution in [0.2, 0.25) is 0 Å². The van der Waals surface area contributed by atoms with Gasteiger partial charge >= 0.3 is 5.97 Å². The first-order chi connectivity index (χ1) is 12.3. The molecule has 6 heteroatoms. The smallest absolute Gasteiger partial charge is 0.303 e. The zero-order chi connectivity index (χ0) is 19.3. The molecule has 26 heavy (non-hydrogen) atoms. The molecule has 0 aromatic carbocycles. The summed E-state index contributed by atoms with van der Waals surface area (Å²) >= 11 is 0. The molecule has 0 radical (unpaired) electrons. The highest BCUT2D eigenvalue weighted by molar-refractivity contribution is 5.84. The Morgan fingerprint density at radius 2 is 1.92 bits per heavy atom. The Bertz CT molecular complexity index is 632. The van der Waals surface area contributed by atoms with Gasteiger partial charge in [0.1, 0.15) is 0 Å². The van der Waals surface area contributed by atoms with Crippen molar-refractivity contribution in [2.24, 2.45) is 13.0 Å². The number of rotatable bonds is 8. The molecule has 2 unspecified atom stereocenters. The zero-order valence-electron chi connectivity index (χ0n) is 16.5. The molecule has 2 N–H and O–H groups in total. The summed E-state index contributed by atoms with van der Waals surface area (Å²) in [5.74, 6) is -0.530. The van der Waals surface area contributed by atoms with Crippen molar-refractivity contribution in [1.82, 2.24) is 15.1 Å². The molecule has 1 fully saturated rings. The molecule has 0 bridgehead atoms. The first-order valence-corrected chi connectivity index (χ1v) is 9.81. The predicted octanol–water partition coefficient (Wildman–Crippen LogP) is 3.46. The van der Waals surface area contributed by atoms with Crippen LogP contribution < -0.4 is 5.32 Å². The van der Waals surface area contributed by atoms with Crippen molar-refractivity contribution in [1.29, 1.82) is 0 Å². The van der Waals surface area contributed by atoms with Crippen molar-refractivity contribution < 1.29 is 14.7 Å². The number of hydrogen-bond acceptors (Lipinski definition) is 3. The maximum absolute atomic E-state index is 12.9. The van der Waals surface area contributed by atoms with Crippen molar-refractivity contribution in [3.63, 3.8) is 0 Å². The van der Waals surface area contributed by atoms with E-state index < -0.39 is 5.97 Å². The summed E-state index contributed by atoms with van der Waals surface area (Å²) in [5.41, 5.74) is 2.85. The second-order valence-electron chi connectivity index (χ2n) is 7.81. The maximum atomic E-state index is 12.9. The Balaban J connectivity index is 2.04. The van der Waals surface area contributed by atoms with Gasteiger partial charge in [0.05, 0.1) is 11.6 Å². The Morgan fingerprint density at radius 3 is 2.46 bits per heavy atom. The fraction of sp³-hybridized carbons (Fsp3) is 0.750. The number of amides is 1. The van der Waals surface area contributed by atoms with Crippen molar-refractivity contribution in [3.8, 4) is 0 Å². The van der Waals surface area contributed by atoms with Gasteiger partial charge in [-0.15, -0.1) is 0 Å². The number of hydrogen-bond donors (Lipinski definition) is 2. The van der Waals surface area contributed by atoms with E-state index in [0.29, 0.717) is 12.3 Å². The van der Waals surface area contributed by atoms with Crippen molar-refractivity contribution in [2.75, 3.05) is 0 Å². The van der Waals surface area contributed by atoms with Crippen molar-refractivity contribution in [2.45, 2.75) is 84.1 Å². The molecule has 0 saturated heterocycles. The van der Waals surface area contributed by atoms with E-state index in [2.05, 4.69) is 10.4 Å². The molecule has 1 aliphatic carbocycles. The van der Waals surface area contributed by atoms with E-state index >= 15 is 0 Å². The summed E-state index contributed by atoms with van der Waals surface area (Å²) < 4.78 is 1.80. The Hall–Kier alpha value is -1.85. The topological polar surface area (TPSA) is 84.2 Å². The third kappa shape index (κ3) is 5.32. The molecule has 6 nitrogen and oxygen atoms in total. The van der Waals surface area contributed by atoms with Crippen LogP contribution in [0.3, 0.4) is 0 Å². The van der Waals surface area contributed by atoms with Gasteiger partial charge in [0.2, 0.25) is 5.91 Å². The van der Waals surface area contributed by atoms with E-state index in [1.54, 1.807) is 4.68 Å². The van der Waals surface area contributed by atoms with Crippen LogP contribution in [0.1, 0.15) is 81.2 Å². The van der Waals surface area contributed by atoms with Crippen LogP contribution in [0.25, 0.3) is 0 Å². The lowest BCUT2D eigenvalue weighted by Crippen LogP contribution is -2.39. The minimum atomic E-state index is -0.806. The molecule has 1 aliphatic rings. The lowest BCUT2D eigenvalue weighted by atomic mass is 9.83. The Labute approximate surface area is 156 Å². The molecule has 1 heterocycles. The molecule has 1 aromatic rings. The average molecular weight is 364 g/mol. The highest BCUT2D eigenvalue weighted by atomic mass is 16.4. The summed E-state index contributed by atoms with van der Waals surface area (Å²) in [7, 11) is 1.88. The van der Waals surface area contributed by atoms with E-state index in [-0.39, 0.29) is 24.3 Å². The number of carbonyl (C=O) groups excluding carboxylic acids is 1. The number of nitrogens with one attached hydrogen (secondary N) is 1. The third-order valence-electron chi connectivity index (χ3n) is 5.79. The fourth-order valence-corrected chi connectivity index (χ4v) is 4.25. The monoisotopic (exact) mass is 363 g/mol. The van der Waals surface area contributed by atoms with Gasteiger partial charge in [0.25, 0.3) is 0 Å². The van der Waals surface area contributed by atoms with Crippen LogP contribution in [0.5, 0.6) is 0 Å². The van der Waals surface area contributed by atoms with Gasteiger partial charge in [0, 0.05) is 30.8 Å². The predicted molar refractivity (Wildman–Crippen MR) is 101 cm³/mol. The van der Waals surface area contributed by atoms with E-state index in [1.807, 2.05) is 27.8 Å². The van der Waals surface area contributed by atoms with Crippen LogP contribution in [0, 0.1) is 19.8 Å². The highest BCUT2D eigenvalue weighted by Crippen LogP contribution is 2.29. The summed E-state index contributed by atoms with van der Waals surface area (Å²) in [4.78, 5) is 23.9. The molecule has 1 aromatic heterocycles. The number of carboxylic acid groups (broad SMARTS) is 1. The van der Waals surface area contributed by atoms with E-state index in [4.69, 9.17) is 5.11 Å². The van der Waals surface area contributed by atoms with Crippen LogP contribution in [0.15, 0.2) is 0 Å². The second kappa shape index (κ2) is 9.19. The molecule has 2 atom stereocenters. The van der Waals surface area contributed by atoms with Crippen LogP contribution >= 0.6 is 0 Å². The number of carboxylic acids is 1. The number of aryl methyl sites for hydroxylation is 2. The quantitative estimate of drug-likeness (QED) is 0.741. The molecule has 2 rings (SSSR count). The van der Waals surface area contributed by atoms with E-state index in [0.717, 1.165) is 23.4 Å². The second-order valence-corrected chi connectivity index (χ2v) is 7.81. The summed E-state index contributed by atoms with van der Waals surface area (Å²) in [5, 5.41) is 16.6. The van der Waals surface area contributed by atoms with Gasteiger partial charge in [-0.1, -0.05) is 32.1 Å². The highest BCUT2D eigenvalue weighted by Gasteiger charge is 2.26. The van der Waals surface area contributed by atoms with Crippen molar-refractivity contribution >= 4 is 11.9 Å². The number of aromatic nitrogens is 2. The van der Waals surface area contributed by atoms with Gasteiger partial charge in [-0.25, -0.2) is 0 Å². The van der Waals surface area contributed by atoms with E-state index in [9.17, 15) is 9.59 Å². The van der Waals surface area contributed by atoms with Gasteiger partial charge in [-0.2, -0.15) is 5.10 Å². The Morgan fingerprint density at radius 1 is 1.27 bits per heavy atom. The molecule has 0 spiro atoms. The molecular weight excluding hydrogens is 330 g/mol. The fourth-order valence-electron chi connectivity index (χ4n) is 4.25. The summed E-state index contributed by atoms with van der Waals surface area (Å²) in [6.45, 7) is 5.81. The van der Waals surface area contributed by atoms with Crippen molar-refractivity contribution in [3.05, 3.63) is 17.0 Å². The standard InChI is InChI=1S/C20H33N3O3/c1-13(19-14(2)22-23(4)15(19)3)20(26)21-17(10-11-18(24)25)12-16-8-6-5-7-9-16/h13,16-17H,5-12H2,1-4H3,(H,21,26)(H,24,25). The zero-order valence-corrected chi connectivity index (χ0v) is 16.5. The minimum Gasteiger partial charge on any atom is -0.481 e. The van der Waals surface area contributed by atoms with Gasteiger partial charge in [-0.05, 0) is 39.5 Å². The van der Waals surface area contributed by atoms with Gasteiger partial charge in [0.15, 0.2) is 0 Å². The summed E-state index contributed by atoms with van der Waals surface area (Å²) in [6.07, 6.45) is 7.64. The largest absolute Gasteiger partial charge is 0.481 e. The molecule has 146 valence electrons. The molecular formula is C20H33N3O3. The Kier molecular flexibility index (Phi) is 7.23. The number of carbonyl (C=O) groups is 2. The van der Waals surface area contributed by atoms with Gasteiger partial charge in [-0.3, -0.25) is 14.3 Å². The molecule has 1 amide bonds. The minimum absolute atomic E-state index is 0.0320. The summed E-state index contributed by atoms with van der Waals surface area (Å²) in [6, 6.07) is -0.0681. The SMILES string of the molecule is Cc1nn(C)c(C)c1C(C)C(=O)NC(CCC(=O)O)CC1CCCCC1.